The Morgan fingerprint density at radius 1 is 1.33 bits per heavy atom. The fraction of sp³-hybridized carbons (Fsp3) is 1.00. The van der Waals surface area contributed by atoms with Gasteiger partial charge in [0, 0.05) is 26.2 Å². The molecule has 0 aromatic heterocycles. The molecule has 2 fully saturated rings. The summed E-state index contributed by atoms with van der Waals surface area (Å²) in [5.41, 5.74) is 0. The Bertz CT molecular complexity index is 338. The van der Waals surface area contributed by atoms with Crippen molar-refractivity contribution in [1.82, 2.24) is 9.62 Å². The molecule has 18 heavy (non-hydrogen) atoms. The normalized spacial score (nSPS) is 29.2. The average Bonchev–Trinajstić information content (AvgIpc) is 2.82. The average molecular weight is 299 g/mol. The molecule has 5 nitrogen and oxygen atoms in total. The molecule has 1 N–H and O–H groups in total. The molecule has 2 aliphatic heterocycles. The minimum absolute atomic E-state index is 0. The maximum Gasteiger partial charge on any atom is 0.216 e. The zero-order valence-corrected chi connectivity index (χ0v) is 12.4. The van der Waals surface area contributed by atoms with E-state index in [0.29, 0.717) is 6.61 Å². The highest BCUT2D eigenvalue weighted by atomic mass is 35.5. The van der Waals surface area contributed by atoms with Crippen molar-refractivity contribution in [2.75, 3.05) is 32.5 Å². The molecule has 0 spiro atoms. The zero-order valence-electron chi connectivity index (χ0n) is 10.8. The standard InChI is InChI=1S/C11H22N2O3S.ClH/c1-13(10-5-6-12-8-10)17(14,15)9-11-4-2-3-7-16-11;/h10-12H,2-9H2,1H3;1H. The highest BCUT2D eigenvalue weighted by molar-refractivity contribution is 7.89. The minimum Gasteiger partial charge on any atom is -0.377 e. The first-order valence-corrected chi connectivity index (χ1v) is 7.98. The van der Waals surface area contributed by atoms with E-state index in [4.69, 9.17) is 4.74 Å². The molecule has 0 bridgehead atoms. The van der Waals surface area contributed by atoms with Gasteiger partial charge in [-0.1, -0.05) is 0 Å². The van der Waals surface area contributed by atoms with Crippen molar-refractivity contribution in [1.29, 1.82) is 0 Å². The second kappa shape index (κ2) is 7.05. The van der Waals surface area contributed by atoms with Crippen LogP contribution >= 0.6 is 12.4 Å². The van der Waals surface area contributed by atoms with Crippen LogP contribution in [-0.2, 0) is 14.8 Å². The number of nitrogens with zero attached hydrogens (tertiary/aromatic N) is 1. The summed E-state index contributed by atoms with van der Waals surface area (Å²) in [6.45, 7) is 2.38. The number of rotatable bonds is 4. The largest absolute Gasteiger partial charge is 0.377 e. The lowest BCUT2D eigenvalue weighted by Gasteiger charge is -2.27. The third-order valence-electron chi connectivity index (χ3n) is 3.66. The van der Waals surface area contributed by atoms with E-state index in [1.807, 2.05) is 0 Å². The van der Waals surface area contributed by atoms with Gasteiger partial charge in [0.2, 0.25) is 10.0 Å². The summed E-state index contributed by atoms with van der Waals surface area (Å²) in [6.07, 6.45) is 3.80. The molecule has 0 amide bonds. The smallest absolute Gasteiger partial charge is 0.216 e. The summed E-state index contributed by atoms with van der Waals surface area (Å²) in [7, 11) is -1.48. The van der Waals surface area contributed by atoms with Crippen LogP contribution in [0, 0.1) is 0 Å². The molecular weight excluding hydrogens is 276 g/mol. The minimum atomic E-state index is -3.18. The predicted molar refractivity (Wildman–Crippen MR) is 73.7 cm³/mol. The fourth-order valence-electron chi connectivity index (χ4n) is 2.47. The Balaban J connectivity index is 0.00000162. The van der Waals surface area contributed by atoms with Gasteiger partial charge in [-0.2, -0.15) is 0 Å². The zero-order chi connectivity index (χ0) is 12.3. The topological polar surface area (TPSA) is 58.6 Å². The number of ether oxygens (including phenoxy) is 1. The van der Waals surface area contributed by atoms with Crippen molar-refractivity contribution >= 4 is 22.4 Å². The molecule has 2 rings (SSSR count). The Morgan fingerprint density at radius 2 is 2.11 bits per heavy atom. The van der Waals surface area contributed by atoms with Crippen molar-refractivity contribution in [3.63, 3.8) is 0 Å². The van der Waals surface area contributed by atoms with Crippen LogP contribution in [0.3, 0.4) is 0 Å². The van der Waals surface area contributed by atoms with E-state index in [1.54, 1.807) is 7.05 Å². The number of nitrogens with one attached hydrogen (secondary N) is 1. The molecule has 0 radical (unpaired) electrons. The maximum absolute atomic E-state index is 12.2. The molecule has 0 aromatic carbocycles. The van der Waals surface area contributed by atoms with E-state index >= 15 is 0 Å². The summed E-state index contributed by atoms with van der Waals surface area (Å²) < 4.78 is 31.4. The van der Waals surface area contributed by atoms with Crippen molar-refractivity contribution < 1.29 is 13.2 Å². The molecule has 0 aliphatic carbocycles. The van der Waals surface area contributed by atoms with Gasteiger partial charge in [-0.15, -0.1) is 12.4 Å². The third-order valence-corrected chi connectivity index (χ3v) is 5.63. The number of likely N-dealkylation sites (N-methyl/N-ethyl adjacent to an activating group) is 1. The van der Waals surface area contributed by atoms with Crippen LogP contribution in [0.4, 0.5) is 0 Å². The Hall–Kier alpha value is 0.120. The van der Waals surface area contributed by atoms with Crippen LogP contribution in [0.25, 0.3) is 0 Å². The van der Waals surface area contributed by atoms with Gasteiger partial charge in [0.1, 0.15) is 0 Å². The molecule has 2 saturated heterocycles. The summed E-state index contributed by atoms with van der Waals surface area (Å²) in [6, 6.07) is 0.114. The lowest BCUT2D eigenvalue weighted by Crippen LogP contribution is -2.42. The summed E-state index contributed by atoms with van der Waals surface area (Å²) in [4.78, 5) is 0. The van der Waals surface area contributed by atoms with Gasteiger partial charge in [-0.05, 0) is 32.2 Å². The van der Waals surface area contributed by atoms with Crippen LogP contribution in [0.5, 0.6) is 0 Å². The van der Waals surface area contributed by atoms with Gasteiger partial charge in [-0.25, -0.2) is 12.7 Å². The quantitative estimate of drug-likeness (QED) is 0.826. The molecule has 0 saturated carbocycles. The van der Waals surface area contributed by atoms with Gasteiger partial charge in [0.15, 0.2) is 0 Å². The molecule has 108 valence electrons. The lowest BCUT2D eigenvalue weighted by molar-refractivity contribution is 0.0298. The van der Waals surface area contributed by atoms with Crippen LogP contribution in [0.1, 0.15) is 25.7 Å². The second-order valence-corrected chi connectivity index (χ2v) is 7.00. The van der Waals surface area contributed by atoms with Gasteiger partial charge >= 0.3 is 0 Å². The first-order valence-electron chi connectivity index (χ1n) is 6.37. The number of sulfonamides is 1. The monoisotopic (exact) mass is 298 g/mol. The Morgan fingerprint density at radius 3 is 2.67 bits per heavy atom. The van der Waals surface area contributed by atoms with E-state index in [1.165, 1.54) is 4.31 Å². The van der Waals surface area contributed by atoms with Gasteiger partial charge < -0.3 is 10.1 Å². The summed E-state index contributed by atoms with van der Waals surface area (Å²) >= 11 is 0. The van der Waals surface area contributed by atoms with Crippen molar-refractivity contribution in [3.05, 3.63) is 0 Å². The fourth-order valence-corrected chi connectivity index (χ4v) is 4.07. The van der Waals surface area contributed by atoms with Gasteiger partial charge in [0.25, 0.3) is 0 Å². The highest BCUT2D eigenvalue weighted by Gasteiger charge is 2.31. The Labute approximate surface area is 116 Å². The van der Waals surface area contributed by atoms with Crippen LogP contribution in [0.15, 0.2) is 0 Å². The molecule has 2 atom stereocenters. The van der Waals surface area contributed by atoms with Crippen LogP contribution < -0.4 is 5.32 Å². The highest BCUT2D eigenvalue weighted by Crippen LogP contribution is 2.18. The third kappa shape index (κ3) is 4.06. The predicted octanol–water partition coefficient (Wildman–Crippen LogP) is 0.601. The van der Waals surface area contributed by atoms with E-state index in [-0.39, 0.29) is 30.3 Å². The molecule has 2 unspecified atom stereocenters. The molecule has 2 aliphatic rings. The molecule has 0 aromatic rings. The summed E-state index contributed by atoms with van der Waals surface area (Å²) in [5, 5.41) is 3.19. The van der Waals surface area contributed by atoms with E-state index in [9.17, 15) is 8.42 Å². The van der Waals surface area contributed by atoms with Crippen molar-refractivity contribution in [2.45, 2.75) is 37.8 Å². The van der Waals surface area contributed by atoms with E-state index < -0.39 is 10.0 Å². The number of halogens is 1. The lowest BCUT2D eigenvalue weighted by atomic mass is 10.1. The second-order valence-electron chi connectivity index (χ2n) is 4.93. The number of hydrogen-bond acceptors (Lipinski definition) is 4. The molecular formula is C11H23ClN2O3S. The SMILES string of the molecule is CN(C1CCNC1)S(=O)(=O)CC1CCCCO1.Cl. The number of hydrogen-bond donors (Lipinski definition) is 1. The Kier molecular flexibility index (Phi) is 6.34. The summed E-state index contributed by atoms with van der Waals surface area (Å²) in [5.74, 6) is 0.139. The molecule has 2 heterocycles. The van der Waals surface area contributed by atoms with Gasteiger partial charge in [0.05, 0.1) is 11.9 Å². The first-order chi connectivity index (χ1) is 8.09. The van der Waals surface area contributed by atoms with Crippen LogP contribution in [0.2, 0.25) is 0 Å². The van der Waals surface area contributed by atoms with Crippen molar-refractivity contribution in [3.8, 4) is 0 Å². The molecule has 7 heteroatoms. The van der Waals surface area contributed by atoms with Crippen molar-refractivity contribution in [2.24, 2.45) is 0 Å². The van der Waals surface area contributed by atoms with Gasteiger partial charge in [-0.3, -0.25) is 0 Å². The van der Waals surface area contributed by atoms with E-state index in [2.05, 4.69) is 5.32 Å². The van der Waals surface area contributed by atoms with E-state index in [0.717, 1.165) is 38.8 Å². The first kappa shape index (κ1) is 16.2. The maximum atomic E-state index is 12.2. The van der Waals surface area contributed by atoms with Crippen LogP contribution in [-0.4, -0.2) is 57.4 Å².